The molecule has 0 saturated carbocycles. The van der Waals surface area contributed by atoms with Crippen molar-refractivity contribution in [1.82, 2.24) is 9.97 Å². The van der Waals surface area contributed by atoms with E-state index in [2.05, 4.69) is 41.8 Å². The van der Waals surface area contributed by atoms with E-state index in [1.807, 2.05) is 39.0 Å². The minimum atomic E-state index is -0.249. The van der Waals surface area contributed by atoms with Crippen LogP contribution in [0.5, 0.6) is 5.75 Å². The van der Waals surface area contributed by atoms with Crippen LogP contribution in [0.1, 0.15) is 26.5 Å². The summed E-state index contributed by atoms with van der Waals surface area (Å²) in [5.41, 5.74) is 0.998. The van der Waals surface area contributed by atoms with E-state index in [9.17, 15) is 4.79 Å². The highest BCUT2D eigenvalue weighted by Gasteiger charge is 2.23. The summed E-state index contributed by atoms with van der Waals surface area (Å²) in [6, 6.07) is 5.58. The fourth-order valence-corrected chi connectivity index (χ4v) is 3.09. The minimum Gasteiger partial charge on any atom is -0.496 e. The molecule has 0 radical (unpaired) electrons. The van der Waals surface area contributed by atoms with E-state index in [0.29, 0.717) is 21.7 Å². The molecule has 0 aliphatic carbocycles. The topological polar surface area (TPSA) is 55.0 Å². The molecule has 1 heterocycles. The Kier molecular flexibility index (Phi) is 4.58. The van der Waals surface area contributed by atoms with E-state index < -0.39 is 0 Å². The number of benzene rings is 1. The van der Waals surface area contributed by atoms with Crippen LogP contribution in [0.15, 0.2) is 31.9 Å². The van der Waals surface area contributed by atoms with Crippen LogP contribution < -0.4 is 10.3 Å². The van der Waals surface area contributed by atoms with Crippen molar-refractivity contribution < 1.29 is 4.74 Å². The van der Waals surface area contributed by atoms with Gasteiger partial charge in [0, 0.05) is 9.89 Å². The second kappa shape index (κ2) is 5.93. The van der Waals surface area contributed by atoms with E-state index >= 15 is 0 Å². The summed E-state index contributed by atoms with van der Waals surface area (Å²) in [7, 11) is 1.59. The van der Waals surface area contributed by atoms with E-state index in [1.165, 1.54) is 0 Å². The highest BCUT2D eigenvalue weighted by atomic mass is 79.9. The number of nitrogens with zero attached hydrogens (tertiary/aromatic N) is 1. The molecule has 0 aliphatic rings. The Morgan fingerprint density at radius 1 is 1.24 bits per heavy atom. The second-order valence-corrected chi connectivity index (χ2v) is 7.38. The molecule has 0 bridgehead atoms. The van der Waals surface area contributed by atoms with Crippen molar-refractivity contribution in [3.8, 4) is 17.1 Å². The number of hydrogen-bond acceptors (Lipinski definition) is 3. The quantitative estimate of drug-likeness (QED) is 0.796. The Hall–Kier alpha value is -1.14. The summed E-state index contributed by atoms with van der Waals surface area (Å²) in [6.45, 7) is 6.05. The number of aromatic nitrogens is 2. The summed E-state index contributed by atoms with van der Waals surface area (Å²) >= 11 is 6.76. The van der Waals surface area contributed by atoms with Crippen molar-refractivity contribution in [1.29, 1.82) is 0 Å². The van der Waals surface area contributed by atoms with Crippen molar-refractivity contribution in [3.05, 3.63) is 43.2 Å². The molecule has 1 N–H and O–H groups in total. The van der Waals surface area contributed by atoms with Crippen LogP contribution >= 0.6 is 31.9 Å². The average molecular weight is 416 g/mol. The molecular formula is C15H16Br2N2O2. The molecular weight excluding hydrogens is 400 g/mol. The monoisotopic (exact) mass is 414 g/mol. The van der Waals surface area contributed by atoms with E-state index in [-0.39, 0.29) is 11.0 Å². The minimum absolute atomic E-state index is 0.202. The second-order valence-electron chi connectivity index (χ2n) is 5.67. The Balaban J connectivity index is 2.74. The van der Waals surface area contributed by atoms with E-state index in [4.69, 9.17) is 4.74 Å². The van der Waals surface area contributed by atoms with Gasteiger partial charge in [0.05, 0.1) is 18.4 Å². The van der Waals surface area contributed by atoms with Crippen molar-refractivity contribution in [2.24, 2.45) is 0 Å². The van der Waals surface area contributed by atoms with Gasteiger partial charge in [-0.25, -0.2) is 4.98 Å². The summed E-state index contributed by atoms with van der Waals surface area (Å²) < 4.78 is 6.71. The van der Waals surface area contributed by atoms with Crippen molar-refractivity contribution >= 4 is 31.9 Å². The van der Waals surface area contributed by atoms with Crippen molar-refractivity contribution in [2.75, 3.05) is 7.11 Å². The zero-order valence-electron chi connectivity index (χ0n) is 12.3. The van der Waals surface area contributed by atoms with Gasteiger partial charge in [0.1, 0.15) is 16.0 Å². The zero-order valence-corrected chi connectivity index (χ0v) is 15.4. The van der Waals surface area contributed by atoms with Crippen LogP contribution in [0.3, 0.4) is 0 Å². The largest absolute Gasteiger partial charge is 0.496 e. The van der Waals surface area contributed by atoms with Crippen LogP contribution in [-0.2, 0) is 5.41 Å². The lowest BCUT2D eigenvalue weighted by Crippen LogP contribution is -2.22. The van der Waals surface area contributed by atoms with Gasteiger partial charge in [0.2, 0.25) is 0 Å². The standard InChI is InChI=1S/C15H16Br2N2O2/c1-15(2,3)12-11(17)14(20)19-13(18-12)9-7-8(16)5-6-10(9)21-4/h5-7H,1-4H3,(H,18,19,20). The first kappa shape index (κ1) is 16.2. The summed E-state index contributed by atoms with van der Waals surface area (Å²) in [6.07, 6.45) is 0. The summed E-state index contributed by atoms with van der Waals surface area (Å²) in [5, 5.41) is 0. The molecule has 1 aromatic heterocycles. The van der Waals surface area contributed by atoms with Gasteiger partial charge in [-0.15, -0.1) is 0 Å². The molecule has 0 aliphatic heterocycles. The number of ether oxygens (including phenoxy) is 1. The molecule has 2 aromatic rings. The molecule has 21 heavy (non-hydrogen) atoms. The Bertz CT molecular complexity index is 733. The maximum Gasteiger partial charge on any atom is 0.265 e. The first-order valence-electron chi connectivity index (χ1n) is 6.38. The maximum atomic E-state index is 12.2. The van der Waals surface area contributed by atoms with Crippen LogP contribution in [0, 0.1) is 0 Å². The molecule has 0 fully saturated rings. The highest BCUT2D eigenvalue weighted by Crippen LogP contribution is 2.32. The zero-order chi connectivity index (χ0) is 15.8. The molecule has 6 heteroatoms. The van der Waals surface area contributed by atoms with Gasteiger partial charge in [-0.1, -0.05) is 36.7 Å². The number of aromatic amines is 1. The third kappa shape index (κ3) is 3.37. The predicted octanol–water partition coefficient (Wildman–Crippen LogP) is 4.27. The normalized spacial score (nSPS) is 11.5. The lowest BCUT2D eigenvalue weighted by Gasteiger charge is -2.20. The number of rotatable bonds is 2. The van der Waals surface area contributed by atoms with Gasteiger partial charge in [0.15, 0.2) is 0 Å². The number of methoxy groups -OCH3 is 1. The fourth-order valence-electron chi connectivity index (χ4n) is 1.95. The van der Waals surface area contributed by atoms with Crippen LogP contribution in [0.4, 0.5) is 0 Å². The van der Waals surface area contributed by atoms with Crippen LogP contribution in [0.25, 0.3) is 11.4 Å². The van der Waals surface area contributed by atoms with Gasteiger partial charge in [0.25, 0.3) is 5.56 Å². The van der Waals surface area contributed by atoms with Gasteiger partial charge in [-0.2, -0.15) is 0 Å². The first-order valence-corrected chi connectivity index (χ1v) is 7.97. The number of halogens is 2. The number of H-pyrrole nitrogens is 1. The Labute approximate surface area is 140 Å². The predicted molar refractivity (Wildman–Crippen MR) is 90.9 cm³/mol. The Morgan fingerprint density at radius 3 is 2.48 bits per heavy atom. The van der Waals surface area contributed by atoms with Gasteiger partial charge < -0.3 is 9.72 Å². The van der Waals surface area contributed by atoms with Gasteiger partial charge >= 0.3 is 0 Å². The molecule has 0 atom stereocenters. The van der Waals surface area contributed by atoms with Crippen molar-refractivity contribution in [3.63, 3.8) is 0 Å². The van der Waals surface area contributed by atoms with Crippen molar-refractivity contribution in [2.45, 2.75) is 26.2 Å². The molecule has 112 valence electrons. The van der Waals surface area contributed by atoms with E-state index in [0.717, 1.165) is 10.0 Å². The fraction of sp³-hybridized carbons (Fsp3) is 0.333. The molecule has 0 spiro atoms. The van der Waals surface area contributed by atoms with Gasteiger partial charge in [-0.05, 0) is 34.1 Å². The van der Waals surface area contributed by atoms with E-state index in [1.54, 1.807) is 7.11 Å². The molecule has 0 unspecified atom stereocenters. The maximum absolute atomic E-state index is 12.2. The molecule has 0 saturated heterocycles. The third-order valence-electron chi connectivity index (χ3n) is 2.99. The highest BCUT2D eigenvalue weighted by molar-refractivity contribution is 9.10. The summed E-state index contributed by atoms with van der Waals surface area (Å²) in [5.74, 6) is 1.15. The van der Waals surface area contributed by atoms with Crippen LogP contribution in [-0.4, -0.2) is 17.1 Å². The lowest BCUT2D eigenvalue weighted by atomic mass is 9.92. The first-order chi connectivity index (χ1) is 9.74. The van der Waals surface area contributed by atoms with Crippen LogP contribution in [0.2, 0.25) is 0 Å². The van der Waals surface area contributed by atoms with Gasteiger partial charge in [-0.3, -0.25) is 4.79 Å². The SMILES string of the molecule is COc1ccc(Br)cc1-c1nc(C(C)(C)C)c(Br)c(=O)[nH]1. The average Bonchev–Trinajstić information content (AvgIpc) is 2.40. The number of hydrogen-bond donors (Lipinski definition) is 1. The summed E-state index contributed by atoms with van der Waals surface area (Å²) in [4.78, 5) is 19.6. The smallest absolute Gasteiger partial charge is 0.265 e. The number of nitrogens with one attached hydrogen (secondary N) is 1. The Morgan fingerprint density at radius 2 is 1.90 bits per heavy atom. The molecule has 4 nitrogen and oxygen atoms in total. The molecule has 0 amide bonds. The third-order valence-corrected chi connectivity index (χ3v) is 4.22. The molecule has 1 aromatic carbocycles. The lowest BCUT2D eigenvalue weighted by molar-refractivity contribution is 0.416. The molecule has 2 rings (SSSR count).